The zero-order valence-electron chi connectivity index (χ0n) is 16.4. The molecule has 1 aliphatic rings. The largest absolute Gasteiger partial charge is 0.383 e. The predicted molar refractivity (Wildman–Crippen MR) is 105 cm³/mol. The quantitative estimate of drug-likeness (QED) is 0.733. The predicted octanol–water partition coefficient (Wildman–Crippen LogP) is 3.04. The Morgan fingerprint density at radius 2 is 1.88 bits per heavy atom. The van der Waals surface area contributed by atoms with E-state index in [-0.39, 0.29) is 17.2 Å². The summed E-state index contributed by atoms with van der Waals surface area (Å²) in [6.45, 7) is 8.90. The number of ether oxygens (including phenoxy) is 1. The van der Waals surface area contributed by atoms with Crippen LogP contribution in [0.15, 0.2) is 18.2 Å². The van der Waals surface area contributed by atoms with Gasteiger partial charge in [-0.05, 0) is 36.5 Å². The van der Waals surface area contributed by atoms with E-state index in [1.54, 1.807) is 13.2 Å². The van der Waals surface area contributed by atoms with Gasteiger partial charge in [-0.3, -0.25) is 9.59 Å². The van der Waals surface area contributed by atoms with Gasteiger partial charge < -0.3 is 20.3 Å². The molecule has 0 spiro atoms. The Morgan fingerprint density at radius 1 is 1.19 bits per heavy atom. The lowest BCUT2D eigenvalue weighted by Crippen LogP contribution is -2.30. The number of nitrogens with one attached hydrogen (secondary N) is 2. The third-order valence-electron chi connectivity index (χ3n) is 4.25. The van der Waals surface area contributed by atoms with E-state index in [1.165, 1.54) is 0 Å². The molecule has 144 valence electrons. The fourth-order valence-corrected chi connectivity index (χ4v) is 3.08. The highest BCUT2D eigenvalue weighted by atomic mass is 16.5. The summed E-state index contributed by atoms with van der Waals surface area (Å²) >= 11 is 0. The van der Waals surface area contributed by atoms with Gasteiger partial charge in [0.1, 0.15) is 0 Å². The highest BCUT2D eigenvalue weighted by molar-refractivity contribution is 6.02. The minimum absolute atomic E-state index is 0.0443. The van der Waals surface area contributed by atoms with Gasteiger partial charge >= 0.3 is 0 Å². The van der Waals surface area contributed by atoms with E-state index in [9.17, 15) is 9.59 Å². The molecule has 1 fully saturated rings. The van der Waals surface area contributed by atoms with Gasteiger partial charge in [-0.15, -0.1) is 0 Å². The standard InChI is InChI=1S/C20H31N3O3/c1-20(2,3)14-18(24)22-15-7-8-17(23-10-5-6-11-23)16(13-15)19(25)21-9-12-26-4/h7-8,13H,5-6,9-12,14H2,1-4H3,(H,21,25)(H,22,24). The Hall–Kier alpha value is -2.08. The molecular formula is C20H31N3O3. The summed E-state index contributed by atoms with van der Waals surface area (Å²) < 4.78 is 5.00. The smallest absolute Gasteiger partial charge is 0.253 e. The zero-order valence-corrected chi connectivity index (χ0v) is 16.4. The molecule has 2 N–H and O–H groups in total. The maximum atomic E-state index is 12.7. The van der Waals surface area contributed by atoms with Crippen molar-refractivity contribution in [3.05, 3.63) is 23.8 Å². The van der Waals surface area contributed by atoms with E-state index in [4.69, 9.17) is 4.74 Å². The van der Waals surface area contributed by atoms with Crippen molar-refractivity contribution >= 4 is 23.2 Å². The van der Waals surface area contributed by atoms with Gasteiger partial charge in [-0.1, -0.05) is 20.8 Å². The average Bonchev–Trinajstić information content (AvgIpc) is 3.07. The fraction of sp³-hybridized carbons (Fsp3) is 0.600. The van der Waals surface area contributed by atoms with Gasteiger partial charge in [0, 0.05) is 44.5 Å². The summed E-state index contributed by atoms with van der Waals surface area (Å²) in [5, 5.41) is 5.80. The number of carbonyl (C=O) groups is 2. The van der Waals surface area contributed by atoms with Gasteiger partial charge in [0.15, 0.2) is 0 Å². The van der Waals surface area contributed by atoms with Crippen LogP contribution in [-0.4, -0.2) is 45.2 Å². The molecule has 26 heavy (non-hydrogen) atoms. The van der Waals surface area contributed by atoms with Crippen LogP contribution in [0.25, 0.3) is 0 Å². The molecule has 0 atom stereocenters. The Morgan fingerprint density at radius 3 is 2.50 bits per heavy atom. The van der Waals surface area contributed by atoms with Crippen LogP contribution in [0.1, 0.15) is 50.4 Å². The van der Waals surface area contributed by atoms with Crippen molar-refractivity contribution in [2.24, 2.45) is 5.41 Å². The Bertz CT molecular complexity index is 632. The van der Waals surface area contributed by atoms with Gasteiger partial charge in [0.2, 0.25) is 5.91 Å². The number of hydrogen-bond acceptors (Lipinski definition) is 4. The van der Waals surface area contributed by atoms with E-state index >= 15 is 0 Å². The zero-order chi connectivity index (χ0) is 19.2. The molecule has 0 unspecified atom stereocenters. The lowest BCUT2D eigenvalue weighted by molar-refractivity contribution is -0.117. The van der Waals surface area contributed by atoms with E-state index in [2.05, 4.69) is 15.5 Å². The highest BCUT2D eigenvalue weighted by Gasteiger charge is 2.21. The van der Waals surface area contributed by atoms with E-state index in [0.29, 0.717) is 30.8 Å². The van der Waals surface area contributed by atoms with Gasteiger partial charge in [0.05, 0.1) is 12.2 Å². The molecule has 0 aromatic heterocycles. The molecular weight excluding hydrogens is 330 g/mol. The van der Waals surface area contributed by atoms with Crippen LogP contribution < -0.4 is 15.5 Å². The monoisotopic (exact) mass is 361 g/mol. The molecule has 1 aromatic carbocycles. The molecule has 1 aliphatic heterocycles. The van der Waals surface area contributed by atoms with Crippen LogP contribution in [0.4, 0.5) is 11.4 Å². The van der Waals surface area contributed by atoms with Crippen LogP contribution in [0.3, 0.4) is 0 Å². The summed E-state index contributed by atoms with van der Waals surface area (Å²) in [5.41, 5.74) is 2.09. The summed E-state index contributed by atoms with van der Waals surface area (Å²) in [5.74, 6) is -0.187. The third-order valence-corrected chi connectivity index (χ3v) is 4.25. The normalized spacial score (nSPS) is 14.4. The number of rotatable bonds is 7. The number of hydrogen-bond donors (Lipinski definition) is 2. The molecule has 0 aliphatic carbocycles. The first kappa shape index (κ1) is 20.2. The summed E-state index contributed by atoms with van der Waals surface area (Å²) in [4.78, 5) is 27.1. The summed E-state index contributed by atoms with van der Waals surface area (Å²) in [6.07, 6.45) is 2.69. The SMILES string of the molecule is COCCNC(=O)c1cc(NC(=O)CC(C)(C)C)ccc1N1CCCC1. The first-order chi connectivity index (χ1) is 12.3. The maximum Gasteiger partial charge on any atom is 0.253 e. The molecule has 2 amide bonds. The average molecular weight is 361 g/mol. The minimum atomic E-state index is -0.143. The maximum absolute atomic E-state index is 12.7. The molecule has 2 rings (SSSR count). The highest BCUT2D eigenvalue weighted by Crippen LogP contribution is 2.28. The van der Waals surface area contributed by atoms with Crippen LogP contribution in [0, 0.1) is 5.41 Å². The van der Waals surface area contributed by atoms with E-state index in [0.717, 1.165) is 31.6 Å². The second kappa shape index (κ2) is 9.03. The van der Waals surface area contributed by atoms with Gasteiger partial charge in [-0.25, -0.2) is 0 Å². The second-order valence-electron chi connectivity index (χ2n) is 7.96. The van der Waals surface area contributed by atoms with Crippen molar-refractivity contribution in [1.29, 1.82) is 0 Å². The van der Waals surface area contributed by atoms with Crippen molar-refractivity contribution in [2.75, 3.05) is 43.6 Å². The second-order valence-corrected chi connectivity index (χ2v) is 7.96. The Balaban J connectivity index is 2.19. The molecule has 1 heterocycles. The first-order valence-electron chi connectivity index (χ1n) is 9.26. The molecule has 6 nitrogen and oxygen atoms in total. The van der Waals surface area contributed by atoms with Crippen LogP contribution in [0.2, 0.25) is 0 Å². The van der Waals surface area contributed by atoms with Crippen LogP contribution in [-0.2, 0) is 9.53 Å². The Kier molecular flexibility index (Phi) is 7.03. The Labute approximate surface area is 156 Å². The number of amides is 2. The van der Waals surface area contributed by atoms with Gasteiger partial charge in [0.25, 0.3) is 5.91 Å². The summed E-state index contributed by atoms with van der Waals surface area (Å²) in [6, 6.07) is 5.58. The van der Waals surface area contributed by atoms with Gasteiger partial charge in [-0.2, -0.15) is 0 Å². The van der Waals surface area contributed by atoms with Crippen molar-refractivity contribution in [1.82, 2.24) is 5.32 Å². The van der Waals surface area contributed by atoms with Crippen molar-refractivity contribution in [2.45, 2.75) is 40.0 Å². The number of carbonyl (C=O) groups excluding carboxylic acids is 2. The molecule has 1 saturated heterocycles. The number of anilines is 2. The van der Waals surface area contributed by atoms with Crippen molar-refractivity contribution in [3.63, 3.8) is 0 Å². The molecule has 6 heteroatoms. The summed E-state index contributed by atoms with van der Waals surface area (Å²) in [7, 11) is 1.60. The lowest BCUT2D eigenvalue weighted by Gasteiger charge is -2.22. The third kappa shape index (κ3) is 6.02. The molecule has 0 bridgehead atoms. The number of methoxy groups -OCH3 is 1. The van der Waals surface area contributed by atoms with E-state index < -0.39 is 0 Å². The van der Waals surface area contributed by atoms with Crippen LogP contribution >= 0.6 is 0 Å². The molecule has 0 radical (unpaired) electrons. The van der Waals surface area contributed by atoms with Crippen molar-refractivity contribution in [3.8, 4) is 0 Å². The molecule has 1 aromatic rings. The fourth-order valence-electron chi connectivity index (χ4n) is 3.08. The van der Waals surface area contributed by atoms with E-state index in [1.807, 2.05) is 32.9 Å². The van der Waals surface area contributed by atoms with Crippen LogP contribution in [0.5, 0.6) is 0 Å². The van der Waals surface area contributed by atoms with Crippen molar-refractivity contribution < 1.29 is 14.3 Å². The number of nitrogens with zero attached hydrogens (tertiary/aromatic N) is 1. The topological polar surface area (TPSA) is 70.7 Å². The lowest BCUT2D eigenvalue weighted by atomic mass is 9.92. The minimum Gasteiger partial charge on any atom is -0.383 e. The molecule has 0 saturated carbocycles. The first-order valence-corrected chi connectivity index (χ1v) is 9.26. The number of benzene rings is 1.